The quantitative estimate of drug-likeness (QED) is 0.245. The number of nitro groups is 1. The van der Waals surface area contributed by atoms with E-state index in [2.05, 4.69) is 21.2 Å². The topological polar surface area (TPSA) is 117 Å². The maximum atomic E-state index is 12.0. The molecule has 0 saturated carbocycles. The number of nitrogens with one attached hydrogen (secondary N) is 1. The number of esters is 1. The van der Waals surface area contributed by atoms with Gasteiger partial charge in [0, 0.05) is 23.0 Å². The van der Waals surface area contributed by atoms with Gasteiger partial charge in [-0.05, 0) is 30.7 Å². The number of hydrogen-bond donors (Lipinski definition) is 1. The fourth-order valence-electron chi connectivity index (χ4n) is 2.28. The zero-order chi connectivity index (χ0) is 21.2. The monoisotopic (exact) mass is 466 g/mol. The van der Waals surface area contributed by atoms with E-state index in [-0.39, 0.29) is 23.5 Å². The van der Waals surface area contributed by atoms with Crippen LogP contribution in [0.3, 0.4) is 0 Å². The summed E-state index contributed by atoms with van der Waals surface area (Å²) in [5.41, 5.74) is -0.0892. The van der Waals surface area contributed by atoms with Crippen LogP contribution in [0.5, 0.6) is 11.5 Å². The number of hydrogen-bond acceptors (Lipinski definition) is 7. The van der Waals surface area contributed by atoms with E-state index in [9.17, 15) is 19.7 Å². The van der Waals surface area contributed by atoms with Gasteiger partial charge in [0.25, 0.3) is 11.6 Å². The Labute approximate surface area is 175 Å². The predicted molar refractivity (Wildman–Crippen MR) is 108 cm³/mol. The van der Waals surface area contributed by atoms with Crippen molar-refractivity contribution in [2.75, 3.05) is 25.6 Å². The smallest absolute Gasteiger partial charge is 0.306 e. The average Bonchev–Trinajstić information content (AvgIpc) is 2.69. The third-order valence-electron chi connectivity index (χ3n) is 3.62. The molecule has 0 aromatic heterocycles. The minimum absolute atomic E-state index is 0.0847. The highest BCUT2D eigenvalue weighted by atomic mass is 79.9. The first-order valence-corrected chi connectivity index (χ1v) is 9.34. The fraction of sp³-hybridized carbons (Fsp3) is 0.263. The van der Waals surface area contributed by atoms with Crippen LogP contribution in [0, 0.1) is 10.1 Å². The molecule has 1 N–H and O–H groups in total. The molecule has 0 aliphatic carbocycles. The van der Waals surface area contributed by atoms with E-state index < -0.39 is 23.4 Å². The number of nitro benzene ring substituents is 1. The number of ether oxygens (including phenoxy) is 3. The molecule has 0 unspecified atom stereocenters. The van der Waals surface area contributed by atoms with Gasteiger partial charge in [0.1, 0.15) is 11.5 Å². The summed E-state index contributed by atoms with van der Waals surface area (Å²) in [4.78, 5) is 34.0. The van der Waals surface area contributed by atoms with E-state index in [1.165, 1.54) is 19.2 Å². The Morgan fingerprint density at radius 3 is 2.69 bits per heavy atom. The SMILES string of the molecule is COc1ccc([N+](=O)[O-])cc1NC(=O)COC(=O)CCCOc1cccc(Br)c1. The van der Waals surface area contributed by atoms with Crippen molar-refractivity contribution in [1.29, 1.82) is 0 Å². The molecule has 0 fully saturated rings. The van der Waals surface area contributed by atoms with Crippen LogP contribution in [-0.2, 0) is 14.3 Å². The summed E-state index contributed by atoms with van der Waals surface area (Å²) in [6, 6.07) is 11.1. The van der Waals surface area contributed by atoms with Gasteiger partial charge in [-0.15, -0.1) is 0 Å². The molecule has 0 saturated heterocycles. The van der Waals surface area contributed by atoms with Crippen molar-refractivity contribution in [2.24, 2.45) is 0 Å². The van der Waals surface area contributed by atoms with Crippen molar-refractivity contribution in [2.45, 2.75) is 12.8 Å². The lowest BCUT2D eigenvalue weighted by Gasteiger charge is -2.10. The number of amides is 1. The first-order chi connectivity index (χ1) is 13.9. The van der Waals surface area contributed by atoms with Gasteiger partial charge in [-0.25, -0.2) is 0 Å². The Balaban J connectivity index is 1.74. The Morgan fingerprint density at radius 2 is 2.00 bits per heavy atom. The van der Waals surface area contributed by atoms with Crippen LogP contribution in [-0.4, -0.2) is 37.1 Å². The van der Waals surface area contributed by atoms with Crippen molar-refractivity contribution >= 4 is 39.2 Å². The summed E-state index contributed by atoms with van der Waals surface area (Å²) in [5.74, 6) is -0.260. The number of halogens is 1. The molecule has 2 aromatic carbocycles. The maximum absolute atomic E-state index is 12.0. The summed E-state index contributed by atoms with van der Waals surface area (Å²) in [6.07, 6.45) is 0.507. The van der Waals surface area contributed by atoms with Crippen LogP contribution in [0.4, 0.5) is 11.4 Å². The van der Waals surface area contributed by atoms with Crippen molar-refractivity contribution in [3.63, 3.8) is 0 Å². The number of rotatable bonds is 10. The van der Waals surface area contributed by atoms with E-state index >= 15 is 0 Å². The minimum Gasteiger partial charge on any atom is -0.495 e. The summed E-state index contributed by atoms with van der Waals surface area (Å²) in [5, 5.41) is 13.3. The molecule has 2 aromatic rings. The van der Waals surface area contributed by atoms with Crippen LogP contribution in [0.2, 0.25) is 0 Å². The molecule has 0 aliphatic heterocycles. The standard InChI is InChI=1S/C19H19BrN2O7/c1-27-17-8-7-14(22(25)26)11-16(17)21-18(23)12-29-19(24)6-3-9-28-15-5-2-4-13(20)10-15/h2,4-5,7-8,10-11H,3,6,9,12H2,1H3,(H,21,23). The molecule has 0 spiro atoms. The second-order valence-corrected chi connectivity index (χ2v) is 6.68. The van der Waals surface area contributed by atoms with E-state index in [4.69, 9.17) is 14.2 Å². The summed E-state index contributed by atoms with van der Waals surface area (Å²) in [6.45, 7) is -0.195. The van der Waals surface area contributed by atoms with Crippen LogP contribution in [0.1, 0.15) is 12.8 Å². The van der Waals surface area contributed by atoms with Crippen LogP contribution in [0.15, 0.2) is 46.9 Å². The molecular weight excluding hydrogens is 448 g/mol. The van der Waals surface area contributed by atoms with Crippen molar-refractivity contribution in [3.8, 4) is 11.5 Å². The lowest BCUT2D eigenvalue weighted by atomic mass is 10.2. The molecule has 0 heterocycles. The highest BCUT2D eigenvalue weighted by Gasteiger charge is 2.15. The number of non-ortho nitro benzene ring substituents is 1. The first-order valence-electron chi connectivity index (χ1n) is 8.55. The molecule has 29 heavy (non-hydrogen) atoms. The third-order valence-corrected chi connectivity index (χ3v) is 4.12. The van der Waals surface area contributed by atoms with Crippen LogP contribution >= 0.6 is 15.9 Å². The van der Waals surface area contributed by atoms with Gasteiger partial charge in [-0.1, -0.05) is 22.0 Å². The van der Waals surface area contributed by atoms with E-state index in [0.29, 0.717) is 18.8 Å². The fourth-order valence-corrected chi connectivity index (χ4v) is 2.65. The van der Waals surface area contributed by atoms with Gasteiger partial charge in [-0.2, -0.15) is 0 Å². The number of carbonyl (C=O) groups is 2. The van der Waals surface area contributed by atoms with Gasteiger partial charge in [-0.3, -0.25) is 19.7 Å². The normalized spacial score (nSPS) is 10.1. The second kappa shape index (κ2) is 11.0. The Kier molecular flexibility index (Phi) is 8.41. The minimum atomic E-state index is -0.637. The van der Waals surface area contributed by atoms with Gasteiger partial charge in [0.15, 0.2) is 6.61 Å². The molecule has 10 heteroatoms. The largest absolute Gasteiger partial charge is 0.495 e. The average molecular weight is 467 g/mol. The lowest BCUT2D eigenvalue weighted by molar-refractivity contribution is -0.384. The Morgan fingerprint density at radius 1 is 1.21 bits per heavy atom. The molecule has 2 rings (SSSR count). The number of methoxy groups -OCH3 is 1. The van der Waals surface area contributed by atoms with Gasteiger partial charge >= 0.3 is 5.97 Å². The van der Waals surface area contributed by atoms with Gasteiger partial charge in [0.2, 0.25) is 0 Å². The number of carbonyl (C=O) groups excluding carboxylic acids is 2. The van der Waals surface area contributed by atoms with Crippen LogP contribution in [0.25, 0.3) is 0 Å². The van der Waals surface area contributed by atoms with Gasteiger partial charge < -0.3 is 19.5 Å². The number of nitrogens with zero attached hydrogens (tertiary/aromatic N) is 1. The van der Waals surface area contributed by atoms with Crippen molar-refractivity contribution in [1.82, 2.24) is 0 Å². The van der Waals surface area contributed by atoms with E-state index in [1.54, 1.807) is 6.07 Å². The number of anilines is 1. The van der Waals surface area contributed by atoms with Crippen LogP contribution < -0.4 is 14.8 Å². The van der Waals surface area contributed by atoms with E-state index in [0.717, 1.165) is 10.5 Å². The predicted octanol–water partition coefficient (Wildman–Crippen LogP) is 3.71. The number of benzene rings is 2. The molecule has 0 bridgehead atoms. The molecule has 154 valence electrons. The Bertz CT molecular complexity index is 889. The molecule has 9 nitrogen and oxygen atoms in total. The molecule has 0 atom stereocenters. The maximum Gasteiger partial charge on any atom is 0.306 e. The molecule has 1 amide bonds. The third kappa shape index (κ3) is 7.41. The lowest BCUT2D eigenvalue weighted by Crippen LogP contribution is -2.21. The van der Waals surface area contributed by atoms with Crippen molar-refractivity contribution < 1.29 is 28.7 Å². The van der Waals surface area contributed by atoms with Gasteiger partial charge in [0.05, 0.1) is 24.3 Å². The molecule has 0 aliphatic rings. The summed E-state index contributed by atoms with van der Waals surface area (Å²) >= 11 is 3.34. The highest BCUT2D eigenvalue weighted by molar-refractivity contribution is 9.10. The highest BCUT2D eigenvalue weighted by Crippen LogP contribution is 2.28. The van der Waals surface area contributed by atoms with E-state index in [1.807, 2.05) is 18.2 Å². The molecular formula is C19H19BrN2O7. The second-order valence-electron chi connectivity index (χ2n) is 5.76. The molecule has 0 radical (unpaired) electrons. The van der Waals surface area contributed by atoms with Crippen molar-refractivity contribution in [3.05, 3.63) is 57.1 Å². The summed E-state index contributed by atoms with van der Waals surface area (Å²) < 4.78 is 16.4. The zero-order valence-electron chi connectivity index (χ0n) is 15.6. The first kappa shape index (κ1) is 22.2. The Hall–Kier alpha value is -3.14. The summed E-state index contributed by atoms with van der Waals surface area (Å²) in [7, 11) is 1.37. The zero-order valence-corrected chi connectivity index (χ0v) is 17.1.